The molecule has 1 N–H and O–H groups in total. The Morgan fingerprint density at radius 3 is 2.45 bits per heavy atom. The molecular weight excluding hydrogens is 140 g/mol. The van der Waals surface area contributed by atoms with Crippen molar-refractivity contribution >= 4 is 5.97 Å². The van der Waals surface area contributed by atoms with Crippen LogP contribution in [0.25, 0.3) is 0 Å². The molecule has 0 unspecified atom stereocenters. The monoisotopic (exact) mass is 152 g/mol. The van der Waals surface area contributed by atoms with E-state index in [0.29, 0.717) is 0 Å². The quantitative estimate of drug-likeness (QED) is 0.536. The average Bonchev–Trinajstić information content (AvgIpc) is 2.33. The number of carboxylic acids is 1. The molecule has 11 heavy (non-hydrogen) atoms. The second-order valence-electron chi connectivity index (χ2n) is 3.32. The molecular formula is C9H12O2. The third-order valence-corrected chi connectivity index (χ3v) is 2.18. The highest BCUT2D eigenvalue weighted by molar-refractivity contribution is 5.86. The fraction of sp³-hybridized carbons (Fsp3) is 0.667. The highest BCUT2D eigenvalue weighted by Gasteiger charge is 2.26. The van der Waals surface area contributed by atoms with Gasteiger partial charge < -0.3 is 5.11 Å². The highest BCUT2D eigenvalue weighted by Crippen LogP contribution is 2.36. The maximum absolute atomic E-state index is 10.1. The number of carboxylic acid groups (broad SMARTS) is 1. The van der Waals surface area contributed by atoms with Gasteiger partial charge in [0.05, 0.1) is 0 Å². The predicted octanol–water partition coefficient (Wildman–Crippen LogP) is 1.65. The number of rotatable bonds is 0. The summed E-state index contributed by atoms with van der Waals surface area (Å²) in [7, 11) is 0. The molecule has 0 amide bonds. The molecule has 0 atom stereocenters. The zero-order valence-electron chi connectivity index (χ0n) is 6.68. The molecule has 0 aliphatic heterocycles. The molecule has 1 rings (SSSR count). The molecule has 0 aromatic carbocycles. The minimum absolute atomic E-state index is 0.0155. The van der Waals surface area contributed by atoms with Gasteiger partial charge in [0.15, 0.2) is 0 Å². The molecule has 1 aliphatic carbocycles. The smallest absolute Gasteiger partial charge is 0.381 e. The van der Waals surface area contributed by atoms with Crippen molar-refractivity contribution in [3.8, 4) is 11.8 Å². The Labute approximate surface area is 66.6 Å². The molecule has 0 aromatic rings. The van der Waals surface area contributed by atoms with Crippen molar-refractivity contribution in [2.24, 2.45) is 5.41 Å². The molecule has 2 heteroatoms. The van der Waals surface area contributed by atoms with Crippen LogP contribution in [0.4, 0.5) is 0 Å². The summed E-state index contributed by atoms with van der Waals surface area (Å²) in [4.78, 5) is 10.1. The van der Waals surface area contributed by atoms with Crippen LogP contribution in [0.1, 0.15) is 32.6 Å². The van der Waals surface area contributed by atoms with Crippen LogP contribution in [-0.2, 0) is 4.79 Å². The zero-order chi connectivity index (χ0) is 8.32. The van der Waals surface area contributed by atoms with E-state index in [1.165, 1.54) is 12.8 Å². The van der Waals surface area contributed by atoms with E-state index in [9.17, 15) is 4.79 Å². The van der Waals surface area contributed by atoms with Gasteiger partial charge in [0.2, 0.25) is 0 Å². The van der Waals surface area contributed by atoms with Gasteiger partial charge in [-0.3, -0.25) is 0 Å². The van der Waals surface area contributed by atoms with E-state index in [1.54, 1.807) is 0 Å². The molecule has 2 nitrogen and oxygen atoms in total. The fourth-order valence-corrected chi connectivity index (χ4v) is 1.48. The van der Waals surface area contributed by atoms with Crippen LogP contribution in [0.5, 0.6) is 0 Å². The van der Waals surface area contributed by atoms with Gasteiger partial charge in [0.1, 0.15) is 0 Å². The first-order valence-corrected chi connectivity index (χ1v) is 3.88. The van der Waals surface area contributed by atoms with Crippen LogP contribution < -0.4 is 0 Å². The van der Waals surface area contributed by atoms with Crippen molar-refractivity contribution in [1.29, 1.82) is 0 Å². The Hall–Kier alpha value is -0.970. The summed E-state index contributed by atoms with van der Waals surface area (Å²) in [5.41, 5.74) is -0.0155. The third-order valence-electron chi connectivity index (χ3n) is 2.18. The molecule has 60 valence electrons. The highest BCUT2D eigenvalue weighted by atomic mass is 16.4. The second-order valence-corrected chi connectivity index (χ2v) is 3.32. The second kappa shape index (κ2) is 2.96. The summed E-state index contributed by atoms with van der Waals surface area (Å²) in [6.45, 7) is 2.04. The van der Waals surface area contributed by atoms with E-state index in [4.69, 9.17) is 5.11 Å². The molecule has 1 aliphatic rings. The Balaban J connectivity index is 2.61. The van der Waals surface area contributed by atoms with E-state index in [-0.39, 0.29) is 5.41 Å². The van der Waals surface area contributed by atoms with Crippen molar-refractivity contribution in [3.05, 3.63) is 0 Å². The molecule has 1 fully saturated rings. The van der Waals surface area contributed by atoms with Gasteiger partial charge in [-0.2, -0.15) is 0 Å². The van der Waals surface area contributed by atoms with Crippen molar-refractivity contribution in [1.82, 2.24) is 0 Å². The third kappa shape index (κ3) is 2.27. The summed E-state index contributed by atoms with van der Waals surface area (Å²) in [5, 5.41) is 8.31. The molecule has 0 bridgehead atoms. The van der Waals surface area contributed by atoms with Gasteiger partial charge in [-0.05, 0) is 19.8 Å². The van der Waals surface area contributed by atoms with Crippen molar-refractivity contribution in [2.75, 3.05) is 0 Å². The molecule has 0 saturated heterocycles. The van der Waals surface area contributed by atoms with Gasteiger partial charge in [0.25, 0.3) is 0 Å². The van der Waals surface area contributed by atoms with Gasteiger partial charge >= 0.3 is 5.97 Å². The minimum atomic E-state index is -1.02. The maximum atomic E-state index is 10.1. The van der Waals surface area contributed by atoms with E-state index >= 15 is 0 Å². The normalized spacial score (nSPS) is 20.5. The molecule has 0 heterocycles. The maximum Gasteiger partial charge on any atom is 0.381 e. The molecule has 0 aromatic heterocycles. The summed E-state index contributed by atoms with van der Waals surface area (Å²) in [5.74, 6) is 3.99. The molecule has 0 radical (unpaired) electrons. The lowest BCUT2D eigenvalue weighted by atomic mass is 9.90. The van der Waals surface area contributed by atoms with Crippen molar-refractivity contribution < 1.29 is 9.90 Å². The van der Waals surface area contributed by atoms with Gasteiger partial charge in [-0.25, -0.2) is 4.79 Å². The summed E-state index contributed by atoms with van der Waals surface area (Å²) in [6, 6.07) is 0. The van der Waals surface area contributed by atoms with E-state index in [2.05, 4.69) is 11.8 Å². The van der Waals surface area contributed by atoms with Crippen LogP contribution >= 0.6 is 0 Å². The van der Waals surface area contributed by atoms with Crippen LogP contribution in [0.15, 0.2) is 0 Å². The number of hydrogen-bond donors (Lipinski definition) is 1. The average molecular weight is 152 g/mol. The Morgan fingerprint density at radius 1 is 1.45 bits per heavy atom. The standard InChI is InChI=1S/C9H12O2/c1-9(5-2-3-6-9)7-4-8(10)11/h2-3,5-6H2,1H3,(H,10,11). The lowest BCUT2D eigenvalue weighted by molar-refractivity contribution is -0.130. The first kappa shape index (κ1) is 8.13. The van der Waals surface area contributed by atoms with Crippen LogP contribution in [0.3, 0.4) is 0 Å². The largest absolute Gasteiger partial charge is 0.472 e. The Kier molecular flexibility index (Phi) is 2.19. The fourth-order valence-electron chi connectivity index (χ4n) is 1.48. The lowest BCUT2D eigenvalue weighted by Crippen LogP contribution is -2.07. The van der Waals surface area contributed by atoms with Crippen molar-refractivity contribution in [2.45, 2.75) is 32.6 Å². The number of hydrogen-bond acceptors (Lipinski definition) is 1. The first-order valence-electron chi connectivity index (χ1n) is 3.88. The zero-order valence-corrected chi connectivity index (χ0v) is 6.68. The Morgan fingerprint density at radius 2 is 2.00 bits per heavy atom. The van der Waals surface area contributed by atoms with Gasteiger partial charge in [0, 0.05) is 11.3 Å². The number of aliphatic carboxylic acids is 1. The van der Waals surface area contributed by atoms with Crippen LogP contribution in [0, 0.1) is 17.3 Å². The number of carbonyl (C=O) groups is 1. The summed E-state index contributed by atoms with van der Waals surface area (Å²) >= 11 is 0. The molecule has 1 saturated carbocycles. The van der Waals surface area contributed by atoms with Crippen LogP contribution in [0.2, 0.25) is 0 Å². The summed E-state index contributed by atoms with van der Waals surface area (Å²) in [6.07, 6.45) is 4.47. The van der Waals surface area contributed by atoms with E-state index in [1.807, 2.05) is 6.92 Å². The molecule has 0 spiro atoms. The van der Waals surface area contributed by atoms with Crippen molar-refractivity contribution in [3.63, 3.8) is 0 Å². The van der Waals surface area contributed by atoms with Gasteiger partial charge in [-0.1, -0.05) is 18.8 Å². The lowest BCUT2D eigenvalue weighted by Gasteiger charge is -2.13. The van der Waals surface area contributed by atoms with E-state index < -0.39 is 5.97 Å². The first-order chi connectivity index (χ1) is 5.12. The topological polar surface area (TPSA) is 37.3 Å². The SMILES string of the molecule is CC1(C#CC(=O)O)CCCC1. The van der Waals surface area contributed by atoms with E-state index in [0.717, 1.165) is 12.8 Å². The predicted molar refractivity (Wildman–Crippen MR) is 42.0 cm³/mol. The Bertz CT molecular complexity index is 213. The van der Waals surface area contributed by atoms with Crippen LogP contribution in [-0.4, -0.2) is 11.1 Å². The van der Waals surface area contributed by atoms with Gasteiger partial charge in [-0.15, -0.1) is 0 Å². The summed E-state index contributed by atoms with van der Waals surface area (Å²) < 4.78 is 0. The minimum Gasteiger partial charge on any atom is -0.472 e.